The molecule has 1 aliphatic heterocycles. The van der Waals surface area contributed by atoms with Gasteiger partial charge in [-0.1, -0.05) is 19.8 Å². The van der Waals surface area contributed by atoms with Gasteiger partial charge in [0.05, 0.1) is 6.10 Å². The Kier molecular flexibility index (Phi) is 5.89. The molecule has 3 N–H and O–H groups in total. The second-order valence-electron chi connectivity index (χ2n) is 5.80. The van der Waals surface area contributed by atoms with E-state index in [0.717, 1.165) is 19.4 Å². The minimum Gasteiger partial charge on any atom is -0.364 e. The minimum atomic E-state index is -0.270. The van der Waals surface area contributed by atoms with Gasteiger partial charge in [0.1, 0.15) is 6.10 Å². The Hall–Kier alpha value is -0.320. The summed E-state index contributed by atoms with van der Waals surface area (Å²) in [6.07, 6.45) is 6.56. The van der Waals surface area contributed by atoms with Gasteiger partial charge in [0.15, 0.2) is 0 Å². The normalized spacial score (nSPS) is 29.9. The first-order chi connectivity index (χ1) is 8.13. The molecule has 1 aliphatic carbocycles. The first-order valence-electron chi connectivity index (χ1n) is 6.76. The highest BCUT2D eigenvalue weighted by atomic mass is 35.5. The molecule has 0 unspecified atom stereocenters. The van der Waals surface area contributed by atoms with Gasteiger partial charge in [0.2, 0.25) is 5.91 Å². The Balaban J connectivity index is 0.00000162. The lowest BCUT2D eigenvalue weighted by Gasteiger charge is -2.24. The first-order valence-corrected chi connectivity index (χ1v) is 6.76. The number of hydrogen-bond donors (Lipinski definition) is 2. The predicted molar refractivity (Wildman–Crippen MR) is 73.8 cm³/mol. The summed E-state index contributed by atoms with van der Waals surface area (Å²) < 4.78 is 5.58. The highest BCUT2D eigenvalue weighted by molar-refractivity contribution is 5.85. The van der Waals surface area contributed by atoms with Crippen molar-refractivity contribution in [3.05, 3.63) is 0 Å². The average Bonchev–Trinajstić information content (AvgIpc) is 2.95. The second-order valence-corrected chi connectivity index (χ2v) is 5.80. The smallest absolute Gasteiger partial charge is 0.249 e. The SMILES string of the molecule is CC1(CNC(=O)[C@@H]2CC[C@H](CN)O2)CCCC1.Cl. The van der Waals surface area contributed by atoms with Gasteiger partial charge in [-0.2, -0.15) is 0 Å². The molecule has 0 aromatic rings. The number of ether oxygens (including phenoxy) is 1. The fourth-order valence-corrected chi connectivity index (χ4v) is 2.89. The van der Waals surface area contributed by atoms with Crippen molar-refractivity contribution in [2.24, 2.45) is 11.1 Å². The average molecular weight is 277 g/mol. The number of carbonyl (C=O) groups is 1. The maximum absolute atomic E-state index is 11.9. The highest BCUT2D eigenvalue weighted by Crippen LogP contribution is 2.36. The molecule has 2 atom stereocenters. The summed E-state index contributed by atoms with van der Waals surface area (Å²) in [5.41, 5.74) is 5.84. The van der Waals surface area contributed by atoms with Crippen molar-refractivity contribution in [3.8, 4) is 0 Å². The summed E-state index contributed by atoms with van der Waals surface area (Å²) in [5.74, 6) is 0.0501. The van der Waals surface area contributed by atoms with Crippen LogP contribution in [-0.4, -0.2) is 31.2 Å². The van der Waals surface area contributed by atoms with E-state index in [4.69, 9.17) is 10.5 Å². The Morgan fingerprint density at radius 2 is 2.06 bits per heavy atom. The topological polar surface area (TPSA) is 64.4 Å². The van der Waals surface area contributed by atoms with Crippen molar-refractivity contribution in [3.63, 3.8) is 0 Å². The van der Waals surface area contributed by atoms with Gasteiger partial charge in [-0.15, -0.1) is 12.4 Å². The lowest BCUT2D eigenvalue weighted by atomic mass is 9.89. The van der Waals surface area contributed by atoms with Crippen LogP contribution < -0.4 is 11.1 Å². The van der Waals surface area contributed by atoms with Crippen LogP contribution in [-0.2, 0) is 9.53 Å². The van der Waals surface area contributed by atoms with Crippen LogP contribution >= 0.6 is 12.4 Å². The lowest BCUT2D eigenvalue weighted by Crippen LogP contribution is -2.40. The van der Waals surface area contributed by atoms with Gasteiger partial charge in [0, 0.05) is 13.1 Å². The van der Waals surface area contributed by atoms with Crippen LogP contribution in [0.4, 0.5) is 0 Å². The van der Waals surface area contributed by atoms with Crippen LogP contribution in [0.15, 0.2) is 0 Å². The van der Waals surface area contributed by atoms with Crippen molar-refractivity contribution >= 4 is 18.3 Å². The molecule has 2 rings (SSSR count). The van der Waals surface area contributed by atoms with Crippen molar-refractivity contribution < 1.29 is 9.53 Å². The summed E-state index contributed by atoms with van der Waals surface area (Å²) in [4.78, 5) is 11.9. The summed E-state index contributed by atoms with van der Waals surface area (Å²) >= 11 is 0. The third kappa shape index (κ3) is 3.84. The molecule has 0 spiro atoms. The standard InChI is InChI=1S/C13H24N2O2.ClH/c1-13(6-2-3-7-13)9-15-12(16)11-5-4-10(8-14)17-11;/h10-11H,2-9,14H2,1H3,(H,15,16);1H/t10-,11+;/m1./s1. The molecule has 0 radical (unpaired) electrons. The minimum absolute atomic E-state index is 0. The van der Waals surface area contributed by atoms with Crippen LogP contribution in [0.25, 0.3) is 0 Å². The van der Waals surface area contributed by atoms with Crippen molar-refractivity contribution in [1.29, 1.82) is 0 Å². The Labute approximate surface area is 115 Å². The van der Waals surface area contributed by atoms with Crippen molar-refractivity contribution in [2.75, 3.05) is 13.1 Å². The second kappa shape index (κ2) is 6.73. The Bertz CT molecular complexity index is 280. The molecular formula is C13H25ClN2O2. The van der Waals surface area contributed by atoms with E-state index in [2.05, 4.69) is 12.2 Å². The lowest BCUT2D eigenvalue weighted by molar-refractivity contribution is -0.132. The molecule has 1 amide bonds. The van der Waals surface area contributed by atoms with Gasteiger partial charge in [0.25, 0.3) is 0 Å². The molecule has 2 aliphatic rings. The Morgan fingerprint density at radius 1 is 1.39 bits per heavy atom. The summed E-state index contributed by atoms with van der Waals surface area (Å²) in [6, 6.07) is 0. The molecule has 0 aromatic carbocycles. The zero-order valence-electron chi connectivity index (χ0n) is 11.1. The molecule has 0 aromatic heterocycles. The number of halogens is 1. The zero-order chi connectivity index (χ0) is 12.3. The summed E-state index contributed by atoms with van der Waals surface area (Å²) in [6.45, 7) is 3.57. The fourth-order valence-electron chi connectivity index (χ4n) is 2.89. The molecule has 1 heterocycles. The molecule has 4 nitrogen and oxygen atoms in total. The number of carbonyl (C=O) groups excluding carboxylic acids is 1. The van der Waals surface area contributed by atoms with Gasteiger partial charge < -0.3 is 15.8 Å². The van der Waals surface area contributed by atoms with Crippen molar-refractivity contribution in [1.82, 2.24) is 5.32 Å². The van der Waals surface area contributed by atoms with E-state index in [-0.39, 0.29) is 30.5 Å². The Morgan fingerprint density at radius 3 is 2.61 bits per heavy atom. The molecule has 1 saturated carbocycles. The van der Waals surface area contributed by atoms with Crippen molar-refractivity contribution in [2.45, 2.75) is 57.7 Å². The number of rotatable bonds is 4. The number of amides is 1. The molecule has 18 heavy (non-hydrogen) atoms. The van der Waals surface area contributed by atoms with E-state index in [1.54, 1.807) is 0 Å². The quantitative estimate of drug-likeness (QED) is 0.820. The van der Waals surface area contributed by atoms with E-state index in [1.165, 1.54) is 25.7 Å². The van der Waals surface area contributed by atoms with Gasteiger partial charge in [-0.3, -0.25) is 4.79 Å². The molecule has 1 saturated heterocycles. The first kappa shape index (κ1) is 15.7. The fraction of sp³-hybridized carbons (Fsp3) is 0.923. The van der Waals surface area contributed by atoms with E-state index < -0.39 is 0 Å². The highest BCUT2D eigenvalue weighted by Gasteiger charge is 2.33. The van der Waals surface area contributed by atoms with Crippen LogP contribution in [0.5, 0.6) is 0 Å². The molecule has 2 fully saturated rings. The molecule has 5 heteroatoms. The van der Waals surface area contributed by atoms with Crippen LogP contribution in [0.2, 0.25) is 0 Å². The van der Waals surface area contributed by atoms with E-state index in [1.807, 2.05) is 0 Å². The van der Waals surface area contributed by atoms with E-state index in [9.17, 15) is 4.79 Å². The number of hydrogen-bond acceptors (Lipinski definition) is 3. The number of nitrogens with two attached hydrogens (primary N) is 1. The van der Waals surface area contributed by atoms with Crippen LogP contribution in [0.3, 0.4) is 0 Å². The molecule has 106 valence electrons. The third-order valence-electron chi connectivity index (χ3n) is 4.16. The van der Waals surface area contributed by atoms with Crippen LogP contribution in [0.1, 0.15) is 45.4 Å². The number of nitrogens with one attached hydrogen (secondary N) is 1. The maximum atomic E-state index is 11.9. The molecular weight excluding hydrogens is 252 g/mol. The van der Waals surface area contributed by atoms with Crippen LogP contribution in [0, 0.1) is 5.41 Å². The van der Waals surface area contributed by atoms with Gasteiger partial charge in [-0.25, -0.2) is 0 Å². The monoisotopic (exact) mass is 276 g/mol. The van der Waals surface area contributed by atoms with E-state index in [0.29, 0.717) is 12.0 Å². The maximum Gasteiger partial charge on any atom is 0.249 e. The zero-order valence-corrected chi connectivity index (χ0v) is 11.9. The van der Waals surface area contributed by atoms with Gasteiger partial charge in [-0.05, 0) is 31.1 Å². The summed E-state index contributed by atoms with van der Waals surface area (Å²) in [7, 11) is 0. The molecule has 0 bridgehead atoms. The van der Waals surface area contributed by atoms with E-state index >= 15 is 0 Å². The predicted octanol–water partition coefficient (Wildman–Crippen LogP) is 1.61. The largest absolute Gasteiger partial charge is 0.364 e. The van der Waals surface area contributed by atoms with Gasteiger partial charge >= 0.3 is 0 Å². The third-order valence-corrected chi connectivity index (χ3v) is 4.16. The summed E-state index contributed by atoms with van der Waals surface area (Å²) in [5, 5.41) is 3.05.